The van der Waals surface area contributed by atoms with E-state index in [0.717, 1.165) is 35.3 Å². The Bertz CT molecular complexity index is 1160. The monoisotopic (exact) mass is 498 g/mol. The lowest BCUT2D eigenvalue weighted by atomic mass is 10.0. The van der Waals surface area contributed by atoms with Crippen molar-refractivity contribution < 1.29 is 27.9 Å². The molecule has 2 aliphatic rings. The lowest BCUT2D eigenvalue weighted by Gasteiger charge is -2.49. The fourth-order valence-corrected chi connectivity index (χ4v) is 6.61. The first-order chi connectivity index (χ1) is 16.9. The molecule has 0 aromatic heterocycles. The van der Waals surface area contributed by atoms with E-state index in [-0.39, 0.29) is 11.3 Å². The normalized spacial score (nSPS) is 21.0. The third-order valence-corrected chi connectivity index (χ3v) is 8.29. The van der Waals surface area contributed by atoms with Crippen molar-refractivity contribution in [3.8, 4) is 0 Å². The molecule has 186 valence electrons. The first-order valence-corrected chi connectivity index (χ1v) is 13.5. The summed E-state index contributed by atoms with van der Waals surface area (Å²) in [4.78, 5) is 27.5. The summed E-state index contributed by atoms with van der Waals surface area (Å²) in [5.41, 5.74) is 1.23. The number of hydrogen-bond acceptors (Lipinski definition) is 7. The second kappa shape index (κ2) is 10.7. The average Bonchev–Trinajstić information content (AvgIpc) is 2.87. The molecule has 2 heterocycles. The fourth-order valence-electron chi connectivity index (χ4n) is 4.57. The van der Waals surface area contributed by atoms with Crippen molar-refractivity contribution in [2.24, 2.45) is 0 Å². The summed E-state index contributed by atoms with van der Waals surface area (Å²) in [5.74, 6) is -1.86. The molecular weight excluding hydrogens is 468 g/mol. The summed E-state index contributed by atoms with van der Waals surface area (Å²) in [6.07, 6.45) is 2.00. The standard InChI is InChI=1S/C26H30N2O6S/c1-2-3-10-15-27-21-24(30)28-22(20(16-29)17-35(32,33)25(21)28)26(31)34-23(18-11-6-4-7-12-18)19-13-8-5-9-14-19/h4-9,11-14,21,23,25,27,29H,2-3,10,15-17H2,1H3/t21-,25-/m0/s1. The Morgan fingerprint density at radius 3 is 2.23 bits per heavy atom. The zero-order valence-corrected chi connectivity index (χ0v) is 20.4. The van der Waals surface area contributed by atoms with Crippen LogP contribution in [0, 0.1) is 0 Å². The number of β-lactam (4-membered cyclic amide) rings is 1. The second-order valence-corrected chi connectivity index (χ2v) is 10.9. The number of amides is 1. The van der Waals surface area contributed by atoms with Gasteiger partial charge in [-0.3, -0.25) is 9.69 Å². The third kappa shape index (κ3) is 5.03. The molecule has 0 unspecified atom stereocenters. The molecule has 0 saturated carbocycles. The first-order valence-electron chi connectivity index (χ1n) is 11.8. The molecule has 2 aromatic rings. The van der Waals surface area contributed by atoms with Gasteiger partial charge in [-0.05, 0) is 24.1 Å². The van der Waals surface area contributed by atoms with E-state index < -0.39 is 51.6 Å². The van der Waals surface area contributed by atoms with Crippen molar-refractivity contribution in [1.82, 2.24) is 10.2 Å². The highest BCUT2D eigenvalue weighted by Crippen LogP contribution is 2.38. The Labute approximate surface area is 205 Å². The van der Waals surface area contributed by atoms with Gasteiger partial charge >= 0.3 is 5.97 Å². The van der Waals surface area contributed by atoms with Crippen molar-refractivity contribution in [2.75, 3.05) is 18.9 Å². The smallest absolute Gasteiger partial charge is 0.356 e. The first kappa shape index (κ1) is 25.1. The van der Waals surface area contributed by atoms with Crippen LogP contribution in [0.15, 0.2) is 71.9 Å². The van der Waals surface area contributed by atoms with Crippen LogP contribution < -0.4 is 5.32 Å². The average molecular weight is 499 g/mol. The summed E-state index contributed by atoms with van der Waals surface area (Å²) in [5, 5.41) is 11.8. The highest BCUT2D eigenvalue weighted by Gasteiger charge is 2.60. The Hall–Kier alpha value is -3.01. The van der Waals surface area contributed by atoms with E-state index in [1.54, 1.807) is 0 Å². The van der Waals surface area contributed by atoms with E-state index in [2.05, 4.69) is 12.2 Å². The predicted octanol–water partition coefficient (Wildman–Crippen LogP) is 2.31. The fraction of sp³-hybridized carbons (Fsp3) is 0.385. The van der Waals surface area contributed by atoms with E-state index in [1.165, 1.54) is 0 Å². The number of aliphatic hydroxyl groups excluding tert-OH is 1. The van der Waals surface area contributed by atoms with Crippen molar-refractivity contribution in [3.63, 3.8) is 0 Å². The van der Waals surface area contributed by atoms with Crippen LogP contribution in [0.5, 0.6) is 0 Å². The number of hydrogen-bond donors (Lipinski definition) is 2. The number of aliphatic hydroxyl groups is 1. The number of carbonyl (C=O) groups is 2. The van der Waals surface area contributed by atoms with Crippen LogP contribution >= 0.6 is 0 Å². The molecule has 0 radical (unpaired) electrons. The molecule has 2 aromatic carbocycles. The molecule has 1 fully saturated rings. The van der Waals surface area contributed by atoms with E-state index in [0.29, 0.717) is 6.54 Å². The number of sulfone groups is 1. The molecule has 2 N–H and O–H groups in total. The Morgan fingerprint density at radius 2 is 1.69 bits per heavy atom. The molecule has 2 aliphatic heterocycles. The Balaban J connectivity index is 1.64. The summed E-state index contributed by atoms with van der Waals surface area (Å²) in [6, 6.07) is 17.4. The SMILES string of the molecule is CCCCCN[C@H]1C(=O)N2C(C(=O)OC(c3ccccc3)c3ccccc3)=C(CO)CS(=O)(=O)[C@@H]12. The molecule has 2 atom stereocenters. The van der Waals surface area contributed by atoms with Gasteiger partial charge in [0.05, 0.1) is 12.4 Å². The minimum Gasteiger partial charge on any atom is -0.448 e. The number of benzene rings is 2. The minimum absolute atomic E-state index is 0.0380. The Morgan fingerprint density at radius 1 is 1.09 bits per heavy atom. The molecule has 4 rings (SSSR count). The van der Waals surface area contributed by atoms with Crippen LogP contribution in [0.4, 0.5) is 0 Å². The van der Waals surface area contributed by atoms with Gasteiger partial charge in [0, 0.05) is 5.57 Å². The van der Waals surface area contributed by atoms with Gasteiger partial charge in [-0.25, -0.2) is 13.2 Å². The van der Waals surface area contributed by atoms with Gasteiger partial charge in [0.15, 0.2) is 21.3 Å². The van der Waals surface area contributed by atoms with Crippen molar-refractivity contribution in [3.05, 3.63) is 83.1 Å². The van der Waals surface area contributed by atoms with E-state index in [9.17, 15) is 23.1 Å². The number of carbonyl (C=O) groups excluding carboxylic acids is 2. The topological polar surface area (TPSA) is 113 Å². The molecule has 1 saturated heterocycles. The number of nitrogens with zero attached hydrogens (tertiary/aromatic N) is 1. The molecule has 8 nitrogen and oxygen atoms in total. The largest absolute Gasteiger partial charge is 0.448 e. The molecular formula is C26H30N2O6S. The zero-order valence-electron chi connectivity index (χ0n) is 19.6. The summed E-state index contributed by atoms with van der Waals surface area (Å²) in [6.45, 7) is 1.89. The molecule has 0 aliphatic carbocycles. The number of rotatable bonds is 10. The molecule has 35 heavy (non-hydrogen) atoms. The Kier molecular flexibility index (Phi) is 7.69. The van der Waals surface area contributed by atoms with Crippen molar-refractivity contribution in [2.45, 2.75) is 43.7 Å². The quantitative estimate of drug-likeness (QED) is 0.294. The summed E-state index contributed by atoms with van der Waals surface area (Å²) < 4.78 is 31.8. The highest BCUT2D eigenvalue weighted by atomic mass is 32.2. The number of ether oxygens (including phenoxy) is 1. The van der Waals surface area contributed by atoms with Gasteiger partial charge in [-0.15, -0.1) is 0 Å². The lowest BCUT2D eigenvalue weighted by Crippen LogP contribution is -2.74. The maximum atomic E-state index is 13.5. The van der Waals surface area contributed by atoms with Crippen LogP contribution in [0.3, 0.4) is 0 Å². The number of unbranched alkanes of at least 4 members (excludes halogenated alkanes) is 2. The van der Waals surface area contributed by atoms with E-state index >= 15 is 0 Å². The predicted molar refractivity (Wildman–Crippen MR) is 131 cm³/mol. The second-order valence-electron chi connectivity index (χ2n) is 8.76. The van der Waals surface area contributed by atoms with Gasteiger partial charge in [0.1, 0.15) is 11.7 Å². The van der Waals surface area contributed by atoms with E-state index in [1.807, 2.05) is 60.7 Å². The number of nitrogens with one attached hydrogen (secondary N) is 1. The zero-order chi connectivity index (χ0) is 25.0. The van der Waals surface area contributed by atoms with Crippen molar-refractivity contribution in [1.29, 1.82) is 0 Å². The third-order valence-electron chi connectivity index (χ3n) is 6.32. The van der Waals surface area contributed by atoms with Crippen LogP contribution in [0.2, 0.25) is 0 Å². The minimum atomic E-state index is -3.79. The van der Waals surface area contributed by atoms with Gasteiger partial charge in [-0.1, -0.05) is 80.4 Å². The van der Waals surface area contributed by atoms with Gasteiger partial charge < -0.3 is 15.2 Å². The molecule has 1 amide bonds. The highest BCUT2D eigenvalue weighted by molar-refractivity contribution is 7.92. The van der Waals surface area contributed by atoms with Crippen LogP contribution in [-0.2, 0) is 24.2 Å². The number of esters is 1. The van der Waals surface area contributed by atoms with Crippen LogP contribution in [0.25, 0.3) is 0 Å². The van der Waals surface area contributed by atoms with Gasteiger partial charge in [0.25, 0.3) is 0 Å². The summed E-state index contributed by atoms with van der Waals surface area (Å²) in [7, 11) is -3.79. The maximum Gasteiger partial charge on any atom is 0.356 e. The van der Waals surface area contributed by atoms with Gasteiger partial charge in [0.2, 0.25) is 5.91 Å². The van der Waals surface area contributed by atoms with Crippen molar-refractivity contribution >= 4 is 21.7 Å². The maximum absolute atomic E-state index is 13.5. The molecule has 0 bridgehead atoms. The van der Waals surface area contributed by atoms with Crippen LogP contribution in [0.1, 0.15) is 43.4 Å². The van der Waals surface area contributed by atoms with Crippen LogP contribution in [-0.4, -0.2) is 60.6 Å². The number of fused-ring (bicyclic) bond motifs is 1. The summed E-state index contributed by atoms with van der Waals surface area (Å²) >= 11 is 0. The van der Waals surface area contributed by atoms with E-state index in [4.69, 9.17) is 4.74 Å². The molecule has 0 spiro atoms. The van der Waals surface area contributed by atoms with Gasteiger partial charge in [-0.2, -0.15) is 0 Å². The lowest BCUT2D eigenvalue weighted by molar-refractivity contribution is -0.154. The molecule has 9 heteroatoms.